The summed E-state index contributed by atoms with van der Waals surface area (Å²) in [6, 6.07) is 1.30. The van der Waals surface area contributed by atoms with Gasteiger partial charge in [-0.15, -0.1) is 13.2 Å². The molecule has 84 valence electrons. The molecule has 0 atom stereocenters. The van der Waals surface area contributed by atoms with Gasteiger partial charge in [-0.2, -0.15) is 0 Å². The molecule has 3 nitrogen and oxygen atoms in total. The predicted molar refractivity (Wildman–Crippen MR) is 49.4 cm³/mol. The van der Waals surface area contributed by atoms with Crippen molar-refractivity contribution in [2.75, 3.05) is 0 Å². The van der Waals surface area contributed by atoms with Gasteiger partial charge in [-0.25, -0.2) is 4.57 Å². The second-order valence-electron chi connectivity index (χ2n) is 3.26. The first-order valence-electron chi connectivity index (χ1n) is 4.28. The van der Waals surface area contributed by atoms with E-state index in [-0.39, 0.29) is 22.4 Å². The molecule has 1 aromatic heterocycles. The summed E-state index contributed by atoms with van der Waals surface area (Å²) in [5.74, 6) is 0. The molecule has 1 aromatic rings. The van der Waals surface area contributed by atoms with Crippen LogP contribution < -0.4 is 11.3 Å². The molecule has 0 spiro atoms. The molecule has 0 aliphatic rings. The van der Waals surface area contributed by atoms with Crippen molar-refractivity contribution < 1.29 is 13.2 Å². The highest BCUT2D eigenvalue weighted by Crippen LogP contribution is 2.22. The molecule has 0 aliphatic carbocycles. The third-order valence-electron chi connectivity index (χ3n) is 2.17. The van der Waals surface area contributed by atoms with Crippen LogP contribution in [0.1, 0.15) is 16.8 Å². The second kappa shape index (κ2) is 3.69. The lowest BCUT2D eigenvalue weighted by Crippen LogP contribution is -2.35. The topological polar surface area (TPSA) is 48.0 Å². The minimum absolute atomic E-state index is 0.00192. The van der Waals surface area contributed by atoms with Crippen molar-refractivity contribution in [3.8, 4) is 0 Å². The maximum atomic E-state index is 12.5. The fourth-order valence-corrected chi connectivity index (χ4v) is 1.49. The van der Waals surface area contributed by atoms with Crippen molar-refractivity contribution in [1.82, 2.24) is 4.57 Å². The molecular formula is C9H11F3N2O. The highest BCUT2D eigenvalue weighted by Gasteiger charge is 2.34. The zero-order valence-corrected chi connectivity index (χ0v) is 8.35. The summed E-state index contributed by atoms with van der Waals surface area (Å²) in [6.45, 7) is 2.61. The number of hydrogen-bond donors (Lipinski definition) is 1. The normalized spacial score (nSPS) is 11.9. The molecular weight excluding hydrogens is 209 g/mol. The number of hydrogen-bond acceptors (Lipinski definition) is 2. The molecule has 0 fully saturated rings. The first kappa shape index (κ1) is 11.8. The lowest BCUT2D eigenvalue weighted by Gasteiger charge is -2.15. The highest BCUT2D eigenvalue weighted by molar-refractivity contribution is 5.26. The van der Waals surface area contributed by atoms with Crippen molar-refractivity contribution in [1.29, 1.82) is 0 Å². The Morgan fingerprint density at radius 2 is 1.93 bits per heavy atom. The van der Waals surface area contributed by atoms with Crippen molar-refractivity contribution in [2.45, 2.75) is 26.7 Å². The van der Waals surface area contributed by atoms with Crippen molar-refractivity contribution in [2.24, 2.45) is 5.73 Å². The molecule has 0 radical (unpaired) electrons. The van der Waals surface area contributed by atoms with Crippen LogP contribution in [0.3, 0.4) is 0 Å². The number of nitrogens with zero attached hydrogens (tertiary/aromatic N) is 1. The van der Waals surface area contributed by atoms with Gasteiger partial charge < -0.3 is 5.73 Å². The number of rotatable bonds is 1. The zero-order valence-electron chi connectivity index (χ0n) is 8.35. The third kappa shape index (κ3) is 2.04. The number of alkyl halides is 3. The Morgan fingerprint density at radius 1 is 1.40 bits per heavy atom. The van der Waals surface area contributed by atoms with Crippen LogP contribution in [0.25, 0.3) is 0 Å². The Labute approximate surface area is 84.3 Å². The summed E-state index contributed by atoms with van der Waals surface area (Å²) in [4.78, 5) is 11.5. The number of aromatic nitrogens is 1. The van der Waals surface area contributed by atoms with Crippen molar-refractivity contribution in [3.63, 3.8) is 0 Å². The zero-order chi connectivity index (χ0) is 11.8. The average Bonchev–Trinajstić information content (AvgIpc) is 2.00. The van der Waals surface area contributed by atoms with Crippen molar-refractivity contribution >= 4 is 0 Å². The number of pyridine rings is 1. The molecule has 2 N–H and O–H groups in total. The molecule has 0 aromatic carbocycles. The maximum absolute atomic E-state index is 12.5. The molecule has 15 heavy (non-hydrogen) atoms. The first-order valence-corrected chi connectivity index (χ1v) is 4.28. The lowest BCUT2D eigenvalue weighted by atomic mass is 10.1. The van der Waals surface area contributed by atoms with Gasteiger partial charge in [-0.3, -0.25) is 4.79 Å². The molecule has 1 heterocycles. The van der Waals surface area contributed by atoms with Crippen LogP contribution in [0.2, 0.25) is 0 Å². The molecule has 0 unspecified atom stereocenters. The fourth-order valence-electron chi connectivity index (χ4n) is 1.49. The van der Waals surface area contributed by atoms with Crippen LogP contribution in [0.15, 0.2) is 10.9 Å². The molecule has 0 saturated carbocycles. The maximum Gasteiger partial charge on any atom is 0.491 e. The van der Waals surface area contributed by atoms with Crippen LogP contribution in [0.4, 0.5) is 13.2 Å². The van der Waals surface area contributed by atoms with E-state index in [4.69, 9.17) is 5.73 Å². The quantitative estimate of drug-likeness (QED) is 0.777. The van der Waals surface area contributed by atoms with E-state index in [1.54, 1.807) is 6.92 Å². The van der Waals surface area contributed by atoms with Crippen LogP contribution in [0, 0.1) is 13.8 Å². The highest BCUT2D eigenvalue weighted by atomic mass is 19.4. The van der Waals surface area contributed by atoms with Crippen LogP contribution >= 0.6 is 0 Å². The monoisotopic (exact) mass is 220 g/mol. The number of nitrogens with two attached hydrogens (primary N) is 1. The van der Waals surface area contributed by atoms with Crippen LogP contribution in [0.5, 0.6) is 0 Å². The summed E-state index contributed by atoms with van der Waals surface area (Å²) in [5, 5.41) is 0. The van der Waals surface area contributed by atoms with E-state index in [1.807, 2.05) is 0 Å². The van der Waals surface area contributed by atoms with Crippen molar-refractivity contribution in [3.05, 3.63) is 33.2 Å². The van der Waals surface area contributed by atoms with E-state index in [9.17, 15) is 18.0 Å². The van der Waals surface area contributed by atoms with Gasteiger partial charge in [0.1, 0.15) is 0 Å². The molecule has 0 aliphatic heterocycles. The van der Waals surface area contributed by atoms with Gasteiger partial charge in [-0.05, 0) is 25.5 Å². The minimum Gasteiger partial charge on any atom is -0.326 e. The van der Waals surface area contributed by atoms with Gasteiger partial charge in [0.25, 0.3) is 5.56 Å². The number of halogens is 3. The first-order chi connectivity index (χ1) is 6.79. The van der Waals surface area contributed by atoms with E-state index in [2.05, 4.69) is 0 Å². The Bertz CT molecular complexity index is 434. The summed E-state index contributed by atoms with van der Waals surface area (Å²) in [7, 11) is 0. The largest absolute Gasteiger partial charge is 0.491 e. The SMILES string of the molecule is Cc1cc(C)n(C(F)(F)F)c(=O)c1CN. The van der Waals surface area contributed by atoms with E-state index in [0.717, 1.165) is 0 Å². The number of aryl methyl sites for hydroxylation is 2. The second-order valence-corrected chi connectivity index (χ2v) is 3.26. The molecule has 0 bridgehead atoms. The Morgan fingerprint density at radius 3 is 2.33 bits per heavy atom. The van der Waals surface area contributed by atoms with Gasteiger partial charge in [0, 0.05) is 17.8 Å². The Balaban J connectivity index is 3.61. The average molecular weight is 220 g/mol. The van der Waals surface area contributed by atoms with E-state index < -0.39 is 11.9 Å². The van der Waals surface area contributed by atoms with Gasteiger partial charge >= 0.3 is 6.30 Å². The van der Waals surface area contributed by atoms with Gasteiger partial charge in [0.2, 0.25) is 0 Å². The Kier molecular flexibility index (Phi) is 2.90. The van der Waals surface area contributed by atoms with E-state index >= 15 is 0 Å². The molecule has 6 heteroatoms. The summed E-state index contributed by atoms with van der Waals surface area (Å²) in [6.07, 6.45) is -4.70. The van der Waals surface area contributed by atoms with Gasteiger partial charge in [0.05, 0.1) is 0 Å². The van der Waals surface area contributed by atoms with Crippen LogP contribution in [-0.2, 0) is 12.8 Å². The molecule has 0 amide bonds. The smallest absolute Gasteiger partial charge is 0.326 e. The molecule has 1 rings (SSSR count). The minimum atomic E-state index is -4.70. The van der Waals surface area contributed by atoms with Crippen LogP contribution in [-0.4, -0.2) is 4.57 Å². The summed E-state index contributed by atoms with van der Waals surface area (Å²) < 4.78 is 37.2. The third-order valence-corrected chi connectivity index (χ3v) is 2.17. The predicted octanol–water partition coefficient (Wildman–Crippen LogP) is 1.40. The lowest BCUT2D eigenvalue weighted by molar-refractivity contribution is -0.207. The summed E-state index contributed by atoms with van der Waals surface area (Å²) >= 11 is 0. The summed E-state index contributed by atoms with van der Waals surface area (Å²) in [5.41, 5.74) is 4.50. The molecule has 0 saturated heterocycles. The standard InChI is InChI=1S/C9H11F3N2O/c1-5-3-6(2)14(9(10,11)12)8(15)7(5)4-13/h3H,4,13H2,1-2H3. The van der Waals surface area contributed by atoms with E-state index in [0.29, 0.717) is 5.56 Å². The van der Waals surface area contributed by atoms with Gasteiger partial charge in [0.15, 0.2) is 0 Å². The van der Waals surface area contributed by atoms with Gasteiger partial charge in [-0.1, -0.05) is 0 Å². The van der Waals surface area contributed by atoms with E-state index in [1.165, 1.54) is 13.0 Å². The fraction of sp³-hybridized carbons (Fsp3) is 0.444. The Hall–Kier alpha value is -1.30.